The van der Waals surface area contributed by atoms with Crippen molar-refractivity contribution in [1.82, 2.24) is 10.2 Å². The number of hydrogen-bond acceptors (Lipinski definition) is 7. The van der Waals surface area contributed by atoms with Gasteiger partial charge >= 0.3 is 5.97 Å². The first-order valence-electron chi connectivity index (χ1n) is 14.6. The van der Waals surface area contributed by atoms with Crippen molar-refractivity contribution < 1.29 is 33.8 Å². The molecular formula is C31H38ClN3O7. The lowest BCUT2D eigenvalue weighted by atomic mass is 9.74. The molecule has 11 heteroatoms. The molecule has 0 aliphatic carbocycles. The van der Waals surface area contributed by atoms with Gasteiger partial charge in [-0.05, 0) is 37.8 Å². The summed E-state index contributed by atoms with van der Waals surface area (Å²) in [6, 6.07) is 5.09. The second-order valence-electron chi connectivity index (χ2n) is 11.9. The number of aliphatic hydroxyl groups is 1. The minimum atomic E-state index is -1.43. The zero-order valence-electron chi connectivity index (χ0n) is 24.1. The van der Waals surface area contributed by atoms with Crippen LogP contribution in [0.5, 0.6) is 0 Å². The van der Waals surface area contributed by atoms with Crippen molar-refractivity contribution in [2.75, 3.05) is 24.6 Å². The number of benzene rings is 1. The second-order valence-corrected chi connectivity index (χ2v) is 12.3. The molecule has 1 spiro atoms. The number of nitrogens with one attached hydrogen (secondary N) is 1. The predicted molar refractivity (Wildman–Crippen MR) is 155 cm³/mol. The summed E-state index contributed by atoms with van der Waals surface area (Å²) in [5.74, 6) is -3.58. The number of hydrogen-bond donors (Lipinski definition) is 2. The average molecular weight is 600 g/mol. The Morgan fingerprint density at radius 3 is 2.62 bits per heavy atom. The summed E-state index contributed by atoms with van der Waals surface area (Å²) >= 11 is 6.59. The highest BCUT2D eigenvalue weighted by Gasteiger charge is 2.74. The van der Waals surface area contributed by atoms with Crippen molar-refractivity contribution >= 4 is 41.0 Å². The summed E-state index contributed by atoms with van der Waals surface area (Å²) < 4.78 is 12.1. The number of esters is 1. The standard InChI is InChI=1S/C31H38ClN3O7/c1-18(2)15-20(17-36)35-27-29(39)34(22-10-7-6-9-21(22)32)14-8-4-5-11-24(37)33-16-19(3)41-30(40)25-23-12-13-31(27,42-23)26(25)28(35)38/h4,6-10,12-13,18-20,23,25-27,36H,5,11,14-17H2,1-3H3,(H,33,37)/b8-4-/t19-,20+,23+,25-,26-,27+,31-/m0/s1. The monoisotopic (exact) mass is 599 g/mol. The first-order chi connectivity index (χ1) is 20.1. The molecule has 5 bridgehead atoms. The first kappa shape index (κ1) is 30.3. The summed E-state index contributed by atoms with van der Waals surface area (Å²) in [4.78, 5) is 58.0. The van der Waals surface area contributed by atoms with E-state index in [2.05, 4.69) is 5.32 Å². The van der Waals surface area contributed by atoms with Crippen molar-refractivity contribution in [1.29, 1.82) is 0 Å². The molecular weight excluding hydrogens is 562 g/mol. The molecule has 226 valence electrons. The molecule has 1 aromatic rings. The SMILES string of the molecule is CC(C)C[C@H](CO)N1C(=O)[C@@H]2[C@H]3C(=O)O[C@@H](C)CNC(=O)CC/C=C\CN(c4ccccc4Cl)C(=O)[C@@H]1[C@]21C=C[C@H]3O1. The number of likely N-dealkylation sites (tertiary alicyclic amines) is 1. The highest BCUT2D eigenvalue weighted by molar-refractivity contribution is 6.34. The van der Waals surface area contributed by atoms with Gasteiger partial charge in [-0.15, -0.1) is 0 Å². The average Bonchev–Trinajstić information content (AvgIpc) is 3.59. The van der Waals surface area contributed by atoms with Crippen LogP contribution in [0.3, 0.4) is 0 Å². The minimum Gasteiger partial charge on any atom is -0.460 e. The van der Waals surface area contributed by atoms with Gasteiger partial charge in [0.2, 0.25) is 11.8 Å². The number of para-hydroxylation sites is 1. The Morgan fingerprint density at radius 2 is 1.90 bits per heavy atom. The van der Waals surface area contributed by atoms with Crippen LogP contribution < -0.4 is 10.2 Å². The van der Waals surface area contributed by atoms with Crippen molar-refractivity contribution in [3.8, 4) is 0 Å². The molecule has 4 aliphatic rings. The Morgan fingerprint density at radius 1 is 1.14 bits per heavy atom. The quantitative estimate of drug-likeness (QED) is 0.394. The fraction of sp³-hybridized carbons (Fsp3) is 0.548. The lowest BCUT2D eigenvalue weighted by molar-refractivity contribution is -0.159. The summed E-state index contributed by atoms with van der Waals surface area (Å²) in [5.41, 5.74) is -0.982. The van der Waals surface area contributed by atoms with Gasteiger partial charge in [0.15, 0.2) is 0 Å². The van der Waals surface area contributed by atoms with Gasteiger partial charge < -0.3 is 29.7 Å². The van der Waals surface area contributed by atoms with Crippen LogP contribution in [0.25, 0.3) is 0 Å². The van der Waals surface area contributed by atoms with Crippen molar-refractivity contribution in [2.24, 2.45) is 17.8 Å². The van der Waals surface area contributed by atoms with E-state index in [4.69, 9.17) is 21.1 Å². The summed E-state index contributed by atoms with van der Waals surface area (Å²) in [6.07, 6.45) is 6.77. The number of anilines is 1. The molecule has 10 nitrogen and oxygen atoms in total. The number of fused-ring (bicyclic) bond motifs is 2. The number of cyclic esters (lactones) is 1. The van der Waals surface area contributed by atoms with Gasteiger partial charge in [-0.25, -0.2) is 0 Å². The van der Waals surface area contributed by atoms with Crippen molar-refractivity contribution in [2.45, 2.75) is 69.9 Å². The van der Waals surface area contributed by atoms with E-state index in [9.17, 15) is 24.3 Å². The predicted octanol–water partition coefficient (Wildman–Crippen LogP) is 2.63. The molecule has 3 amide bonds. The van der Waals surface area contributed by atoms with E-state index in [1.54, 1.807) is 49.4 Å². The van der Waals surface area contributed by atoms with E-state index in [1.807, 2.05) is 19.9 Å². The molecule has 2 saturated heterocycles. The Hall–Kier alpha value is -3.21. The van der Waals surface area contributed by atoms with Crippen LogP contribution in [0.4, 0.5) is 5.69 Å². The zero-order valence-corrected chi connectivity index (χ0v) is 24.8. The van der Waals surface area contributed by atoms with Gasteiger partial charge in [0.1, 0.15) is 23.7 Å². The van der Waals surface area contributed by atoms with Crippen LogP contribution in [0.15, 0.2) is 48.6 Å². The van der Waals surface area contributed by atoms with Crippen LogP contribution in [0, 0.1) is 17.8 Å². The molecule has 7 atom stereocenters. The van der Waals surface area contributed by atoms with E-state index in [0.29, 0.717) is 23.6 Å². The molecule has 42 heavy (non-hydrogen) atoms. The summed E-state index contributed by atoms with van der Waals surface area (Å²) in [5, 5.41) is 13.6. The molecule has 4 aliphatic heterocycles. The Bertz CT molecular complexity index is 1300. The number of rotatable bonds is 5. The molecule has 4 heterocycles. The highest BCUT2D eigenvalue weighted by atomic mass is 35.5. The maximum atomic E-state index is 14.8. The zero-order chi connectivity index (χ0) is 30.2. The lowest BCUT2D eigenvalue weighted by Gasteiger charge is -2.39. The third-order valence-electron chi connectivity index (χ3n) is 8.47. The van der Waals surface area contributed by atoms with Gasteiger partial charge in [-0.1, -0.05) is 61.9 Å². The van der Waals surface area contributed by atoms with Gasteiger partial charge in [0.25, 0.3) is 5.91 Å². The Labute approximate surface area is 250 Å². The third-order valence-corrected chi connectivity index (χ3v) is 8.79. The largest absolute Gasteiger partial charge is 0.460 e. The third kappa shape index (κ3) is 5.36. The fourth-order valence-corrected chi connectivity index (χ4v) is 6.91. The first-order valence-corrected chi connectivity index (χ1v) is 14.9. The van der Waals surface area contributed by atoms with E-state index in [-0.39, 0.29) is 37.9 Å². The van der Waals surface area contributed by atoms with Gasteiger partial charge in [0.05, 0.1) is 41.9 Å². The number of aliphatic hydroxyl groups excluding tert-OH is 1. The van der Waals surface area contributed by atoms with Crippen LogP contribution in [0.1, 0.15) is 40.0 Å². The van der Waals surface area contributed by atoms with Crippen LogP contribution >= 0.6 is 11.6 Å². The molecule has 0 unspecified atom stereocenters. The molecule has 0 radical (unpaired) electrons. The molecule has 2 fully saturated rings. The van der Waals surface area contributed by atoms with Gasteiger partial charge in [-0.2, -0.15) is 0 Å². The number of ether oxygens (including phenoxy) is 2. The van der Waals surface area contributed by atoms with Crippen LogP contribution in [-0.2, 0) is 28.7 Å². The summed E-state index contributed by atoms with van der Waals surface area (Å²) in [7, 11) is 0. The fourth-order valence-electron chi connectivity index (χ4n) is 6.67. The van der Waals surface area contributed by atoms with Gasteiger partial charge in [0, 0.05) is 13.0 Å². The topological polar surface area (TPSA) is 125 Å². The maximum Gasteiger partial charge on any atom is 0.313 e. The number of halogens is 1. The number of carbonyl (C=O) groups excluding carboxylic acids is 4. The normalized spacial score (nSPS) is 33.1. The van der Waals surface area contributed by atoms with E-state index in [1.165, 1.54) is 9.80 Å². The number of carbonyl (C=O) groups is 4. The molecule has 0 aromatic heterocycles. The van der Waals surface area contributed by atoms with E-state index >= 15 is 0 Å². The molecule has 5 rings (SSSR count). The van der Waals surface area contributed by atoms with Crippen molar-refractivity contribution in [3.05, 3.63) is 53.6 Å². The van der Waals surface area contributed by atoms with Crippen LogP contribution in [0.2, 0.25) is 5.02 Å². The number of amides is 3. The Kier molecular flexibility index (Phi) is 8.78. The van der Waals surface area contributed by atoms with Crippen LogP contribution in [-0.4, -0.2) is 83.3 Å². The smallest absolute Gasteiger partial charge is 0.313 e. The van der Waals surface area contributed by atoms with E-state index < -0.39 is 59.5 Å². The Balaban J connectivity index is 1.64. The van der Waals surface area contributed by atoms with Gasteiger partial charge in [-0.3, -0.25) is 19.2 Å². The molecule has 1 aromatic carbocycles. The molecule has 0 saturated carbocycles. The highest BCUT2D eigenvalue weighted by Crippen LogP contribution is 2.56. The molecule has 2 N–H and O–H groups in total. The summed E-state index contributed by atoms with van der Waals surface area (Å²) in [6.45, 7) is 5.51. The van der Waals surface area contributed by atoms with Crippen molar-refractivity contribution in [3.63, 3.8) is 0 Å². The lowest BCUT2D eigenvalue weighted by Crippen LogP contribution is -2.59. The minimum absolute atomic E-state index is 0.112. The second kappa shape index (κ2) is 12.2. The number of allylic oxidation sites excluding steroid dienone is 1. The number of nitrogens with zero attached hydrogens (tertiary/aromatic N) is 2. The maximum absolute atomic E-state index is 14.8. The van der Waals surface area contributed by atoms with E-state index in [0.717, 1.165) is 0 Å².